The lowest BCUT2D eigenvalue weighted by atomic mass is 9.89. The molecule has 0 unspecified atom stereocenters. The van der Waals surface area contributed by atoms with Crippen LogP contribution in [0, 0.1) is 6.92 Å². The number of carbonyl (C=O) groups is 1. The van der Waals surface area contributed by atoms with E-state index in [2.05, 4.69) is 48.9 Å². The van der Waals surface area contributed by atoms with Crippen molar-refractivity contribution in [3.63, 3.8) is 0 Å². The molecule has 2 heterocycles. The lowest BCUT2D eigenvalue weighted by Gasteiger charge is -2.36. The quantitative estimate of drug-likeness (QED) is 0.772. The summed E-state index contributed by atoms with van der Waals surface area (Å²) < 4.78 is 0. The molecule has 0 spiro atoms. The number of rotatable bonds is 4. The third-order valence-corrected chi connectivity index (χ3v) is 5.22. The fraction of sp³-hybridized carbons (Fsp3) is 0.632. The molecule has 23 heavy (non-hydrogen) atoms. The summed E-state index contributed by atoms with van der Waals surface area (Å²) in [6.45, 7) is 6.49. The van der Waals surface area contributed by atoms with Crippen LogP contribution in [0.5, 0.6) is 0 Å². The van der Waals surface area contributed by atoms with E-state index < -0.39 is 0 Å². The maximum absolute atomic E-state index is 12.8. The van der Waals surface area contributed by atoms with Crippen molar-refractivity contribution in [2.45, 2.75) is 57.9 Å². The molecule has 1 saturated heterocycles. The van der Waals surface area contributed by atoms with Gasteiger partial charge in [-0.25, -0.2) is 0 Å². The van der Waals surface area contributed by atoms with Gasteiger partial charge in [0.25, 0.3) is 0 Å². The van der Waals surface area contributed by atoms with E-state index in [4.69, 9.17) is 0 Å². The number of halogens is 1. The van der Waals surface area contributed by atoms with Gasteiger partial charge in [-0.2, -0.15) is 0 Å². The number of aryl methyl sites for hydroxylation is 1. The van der Waals surface area contributed by atoms with Crippen LogP contribution in [0.4, 0.5) is 5.69 Å². The first kappa shape index (κ1) is 18.3. The van der Waals surface area contributed by atoms with Gasteiger partial charge in [0, 0.05) is 30.6 Å². The van der Waals surface area contributed by atoms with Crippen LogP contribution in [-0.2, 0) is 4.79 Å². The number of piperidine rings is 1. The smallest absolute Gasteiger partial charge is 0.227 e. The van der Waals surface area contributed by atoms with Gasteiger partial charge in [-0.1, -0.05) is 37.5 Å². The minimum absolute atomic E-state index is 0. The minimum Gasteiger partial charge on any atom is -0.308 e. The van der Waals surface area contributed by atoms with Crippen molar-refractivity contribution in [1.29, 1.82) is 0 Å². The van der Waals surface area contributed by atoms with Crippen molar-refractivity contribution in [2.75, 3.05) is 25.0 Å². The third-order valence-electron chi connectivity index (χ3n) is 5.22. The van der Waals surface area contributed by atoms with Gasteiger partial charge in [0.05, 0.1) is 0 Å². The molecule has 2 aliphatic heterocycles. The molecule has 0 N–H and O–H groups in total. The number of nitrogens with zero attached hydrogens (tertiary/aromatic N) is 2. The van der Waals surface area contributed by atoms with Crippen molar-refractivity contribution in [3.8, 4) is 0 Å². The van der Waals surface area contributed by atoms with E-state index in [-0.39, 0.29) is 12.4 Å². The number of anilines is 1. The molecular formula is C19H29ClN2O. The van der Waals surface area contributed by atoms with E-state index in [1.807, 2.05) is 0 Å². The van der Waals surface area contributed by atoms with Gasteiger partial charge in [-0.05, 0) is 45.0 Å². The van der Waals surface area contributed by atoms with Gasteiger partial charge < -0.3 is 9.80 Å². The predicted octanol–water partition coefficient (Wildman–Crippen LogP) is 4.13. The van der Waals surface area contributed by atoms with E-state index in [0.29, 0.717) is 24.3 Å². The monoisotopic (exact) mass is 336 g/mol. The zero-order valence-corrected chi connectivity index (χ0v) is 15.4. The topological polar surface area (TPSA) is 23.6 Å². The number of unbranched alkanes of at least 4 members (excludes halogenated alkanes) is 2. The number of amides is 1. The summed E-state index contributed by atoms with van der Waals surface area (Å²) >= 11 is 0. The van der Waals surface area contributed by atoms with E-state index in [1.165, 1.54) is 23.2 Å². The Morgan fingerprint density at radius 3 is 2.83 bits per heavy atom. The molecule has 0 radical (unpaired) electrons. The molecule has 0 aliphatic carbocycles. The summed E-state index contributed by atoms with van der Waals surface area (Å²) in [4.78, 5) is 17.4. The average molecular weight is 337 g/mol. The van der Waals surface area contributed by atoms with Crippen molar-refractivity contribution >= 4 is 24.0 Å². The molecule has 3 nitrogen and oxygen atoms in total. The van der Waals surface area contributed by atoms with Crippen LogP contribution >= 0.6 is 12.4 Å². The fourth-order valence-corrected chi connectivity index (χ4v) is 4.05. The Kier molecular flexibility index (Phi) is 6.10. The zero-order valence-electron chi connectivity index (χ0n) is 14.5. The number of benzene rings is 1. The van der Waals surface area contributed by atoms with Crippen molar-refractivity contribution in [3.05, 3.63) is 29.3 Å². The summed E-state index contributed by atoms with van der Waals surface area (Å²) in [6.07, 6.45) is 5.12. The lowest BCUT2D eigenvalue weighted by molar-refractivity contribution is -0.119. The van der Waals surface area contributed by atoms with Gasteiger partial charge >= 0.3 is 0 Å². The van der Waals surface area contributed by atoms with E-state index in [9.17, 15) is 4.79 Å². The highest BCUT2D eigenvalue weighted by Crippen LogP contribution is 2.45. The molecule has 0 bridgehead atoms. The Labute approximate surface area is 146 Å². The SMILES string of the molecule is CCCCCC(=O)N1c2ccc(C)cc2[C@@H]2CN(C)CC[C@@H]21.Cl. The molecule has 4 heteroatoms. The Hall–Kier alpha value is -1.06. The summed E-state index contributed by atoms with van der Waals surface area (Å²) in [5.74, 6) is 0.819. The fourth-order valence-electron chi connectivity index (χ4n) is 4.05. The number of carbonyl (C=O) groups excluding carboxylic acids is 1. The van der Waals surface area contributed by atoms with Gasteiger partial charge in [-0.15, -0.1) is 12.4 Å². The largest absolute Gasteiger partial charge is 0.308 e. The van der Waals surface area contributed by atoms with Gasteiger partial charge in [0.2, 0.25) is 5.91 Å². The second-order valence-electron chi connectivity index (χ2n) is 7.01. The molecule has 2 aliphatic rings. The minimum atomic E-state index is 0. The Morgan fingerprint density at radius 2 is 2.09 bits per heavy atom. The van der Waals surface area contributed by atoms with Crippen LogP contribution in [0.15, 0.2) is 18.2 Å². The number of likely N-dealkylation sites (N-methyl/N-ethyl adjacent to an activating group) is 1. The van der Waals surface area contributed by atoms with Crippen LogP contribution in [0.3, 0.4) is 0 Å². The number of hydrogen-bond acceptors (Lipinski definition) is 2. The zero-order chi connectivity index (χ0) is 15.7. The Bertz CT molecular complexity index is 560. The number of likely N-dealkylation sites (tertiary alicyclic amines) is 1. The Balaban J connectivity index is 0.00000192. The highest BCUT2D eigenvalue weighted by atomic mass is 35.5. The van der Waals surface area contributed by atoms with Crippen LogP contribution in [0.25, 0.3) is 0 Å². The molecule has 3 rings (SSSR count). The van der Waals surface area contributed by atoms with Gasteiger partial charge in [0.15, 0.2) is 0 Å². The van der Waals surface area contributed by atoms with Crippen LogP contribution in [-0.4, -0.2) is 37.0 Å². The molecule has 1 fully saturated rings. The highest BCUT2D eigenvalue weighted by molar-refractivity contribution is 5.96. The van der Waals surface area contributed by atoms with Crippen LogP contribution < -0.4 is 4.90 Å². The van der Waals surface area contributed by atoms with E-state index in [1.54, 1.807) is 0 Å². The molecule has 0 aromatic heterocycles. The molecule has 1 aromatic rings. The molecule has 1 amide bonds. The van der Waals surface area contributed by atoms with Crippen molar-refractivity contribution < 1.29 is 4.79 Å². The first-order valence-corrected chi connectivity index (χ1v) is 8.73. The Morgan fingerprint density at radius 1 is 1.30 bits per heavy atom. The summed E-state index contributed by atoms with van der Waals surface area (Å²) in [6, 6.07) is 6.99. The van der Waals surface area contributed by atoms with Crippen LogP contribution in [0.1, 0.15) is 56.1 Å². The summed E-state index contributed by atoms with van der Waals surface area (Å²) in [5.41, 5.74) is 3.86. The molecular weight excluding hydrogens is 308 g/mol. The number of fused-ring (bicyclic) bond motifs is 3. The van der Waals surface area contributed by atoms with Crippen molar-refractivity contribution in [2.24, 2.45) is 0 Å². The maximum Gasteiger partial charge on any atom is 0.227 e. The second-order valence-corrected chi connectivity index (χ2v) is 7.01. The molecule has 128 valence electrons. The maximum atomic E-state index is 12.8. The lowest BCUT2D eigenvalue weighted by Crippen LogP contribution is -2.47. The average Bonchev–Trinajstić information content (AvgIpc) is 2.80. The second kappa shape index (κ2) is 7.67. The van der Waals surface area contributed by atoms with Gasteiger partial charge in [-0.3, -0.25) is 4.79 Å². The van der Waals surface area contributed by atoms with Crippen LogP contribution in [0.2, 0.25) is 0 Å². The third kappa shape index (κ3) is 3.56. The normalized spacial score (nSPS) is 23.2. The predicted molar refractivity (Wildman–Crippen MR) is 98.7 cm³/mol. The summed E-state index contributed by atoms with van der Waals surface area (Å²) in [7, 11) is 2.19. The molecule has 2 atom stereocenters. The number of hydrogen-bond donors (Lipinski definition) is 0. The first-order chi connectivity index (χ1) is 10.6. The highest BCUT2D eigenvalue weighted by Gasteiger charge is 2.43. The van der Waals surface area contributed by atoms with Crippen molar-refractivity contribution in [1.82, 2.24) is 4.90 Å². The molecule has 1 aromatic carbocycles. The first-order valence-electron chi connectivity index (χ1n) is 8.73. The van der Waals surface area contributed by atoms with E-state index >= 15 is 0 Å². The standard InChI is InChI=1S/C19H28N2O.ClH/c1-4-5-6-7-19(22)21-17-9-8-14(2)12-15(17)16-13-20(3)11-10-18(16)21;/h8-9,12,16,18H,4-7,10-11,13H2,1-3H3;1H/t16-,18-;/m0./s1. The summed E-state index contributed by atoms with van der Waals surface area (Å²) in [5, 5.41) is 0. The van der Waals surface area contributed by atoms with E-state index in [0.717, 1.165) is 32.4 Å². The molecule has 0 saturated carbocycles. The van der Waals surface area contributed by atoms with Gasteiger partial charge in [0.1, 0.15) is 0 Å².